The first-order valence-corrected chi connectivity index (χ1v) is 5.78. The van der Waals surface area contributed by atoms with Crippen LogP contribution in [0.3, 0.4) is 0 Å². The van der Waals surface area contributed by atoms with Crippen LogP contribution in [-0.2, 0) is 10.0 Å². The Morgan fingerprint density at radius 1 is 1.06 bits per heavy atom. The minimum atomic E-state index is -6.70. The van der Waals surface area contributed by atoms with Gasteiger partial charge in [0, 0.05) is 6.20 Å². The maximum absolute atomic E-state index is 12.7. The number of nitrogens with one attached hydrogen (secondary N) is 1. The fourth-order valence-corrected chi connectivity index (χ4v) is 1.54. The summed E-state index contributed by atoms with van der Waals surface area (Å²) in [6.45, 7) is 1.45. The smallest absolute Gasteiger partial charge is 0.285 e. The molecule has 0 rings (SSSR count). The number of allylic oxidation sites excluding steroid dienone is 1. The molecule has 0 saturated heterocycles. The van der Waals surface area contributed by atoms with Crippen LogP contribution in [0, 0.1) is 0 Å². The summed E-state index contributed by atoms with van der Waals surface area (Å²) in [7, 11) is -6.21. The molecule has 0 heterocycles. The van der Waals surface area contributed by atoms with Crippen LogP contribution < -0.4 is 4.72 Å². The molecule has 0 unspecified atom stereocenters. The number of rotatable bonds is 5. The topological polar surface area (TPSA) is 46.2 Å². The van der Waals surface area contributed by atoms with Gasteiger partial charge in [0.25, 0.3) is 0 Å². The van der Waals surface area contributed by atoms with Crippen LogP contribution in [-0.4, -0.2) is 25.8 Å². The molecule has 0 aromatic heterocycles. The van der Waals surface area contributed by atoms with E-state index >= 15 is 0 Å². The third-order valence-electron chi connectivity index (χ3n) is 1.64. The average Bonchev–Trinajstić information content (AvgIpc) is 2.15. The lowest BCUT2D eigenvalue weighted by Crippen LogP contribution is -2.58. The first-order valence-electron chi connectivity index (χ1n) is 4.30. The Bertz CT molecular complexity index is 412. The van der Waals surface area contributed by atoms with E-state index in [0.29, 0.717) is 6.20 Å². The van der Waals surface area contributed by atoms with E-state index < -0.39 is 27.4 Å². The molecule has 108 valence electrons. The van der Waals surface area contributed by atoms with Crippen LogP contribution in [0.5, 0.6) is 0 Å². The highest BCUT2D eigenvalue weighted by molar-refractivity contribution is 7.90. The zero-order valence-electron chi connectivity index (χ0n) is 8.73. The van der Waals surface area contributed by atoms with Crippen molar-refractivity contribution in [2.75, 3.05) is 0 Å². The molecule has 0 bridgehead atoms. The van der Waals surface area contributed by atoms with Crippen molar-refractivity contribution < 1.29 is 39.2 Å². The second-order valence-electron chi connectivity index (χ2n) is 3.02. The monoisotopic (exact) mass is 303 g/mol. The first kappa shape index (κ1) is 17.0. The van der Waals surface area contributed by atoms with Gasteiger partial charge in [0.15, 0.2) is 0 Å². The molecule has 0 saturated carbocycles. The lowest BCUT2D eigenvalue weighted by atomic mass is 10.3. The fraction of sp³-hybridized carbons (Fsp3) is 0.714. The summed E-state index contributed by atoms with van der Waals surface area (Å²) in [5.74, 6) is -6.70. The van der Waals surface area contributed by atoms with Gasteiger partial charge in [-0.1, -0.05) is 13.0 Å². The molecule has 18 heavy (non-hydrogen) atoms. The van der Waals surface area contributed by atoms with Crippen LogP contribution in [0.25, 0.3) is 0 Å². The van der Waals surface area contributed by atoms with Crippen LogP contribution in [0.15, 0.2) is 12.3 Å². The van der Waals surface area contributed by atoms with E-state index in [1.807, 2.05) is 0 Å². The summed E-state index contributed by atoms with van der Waals surface area (Å²) in [5, 5.41) is -6.32. The van der Waals surface area contributed by atoms with Gasteiger partial charge in [-0.3, -0.25) is 4.72 Å². The van der Waals surface area contributed by atoms with Crippen LogP contribution in [0.4, 0.5) is 30.7 Å². The van der Waals surface area contributed by atoms with Crippen molar-refractivity contribution in [2.45, 2.75) is 30.7 Å². The number of halogens is 7. The van der Waals surface area contributed by atoms with E-state index in [2.05, 4.69) is 0 Å². The van der Waals surface area contributed by atoms with Crippen LogP contribution in [0.2, 0.25) is 0 Å². The standard InChI is InChI=1S/C7H8F7NO2S/c1-2-3-4-15-18(16,17)7(13,14)5(8,9)6(10,11)12/h3-4,15H,2H2,1H3/b4-3-. The minimum absolute atomic E-state index is 0.157. The van der Waals surface area contributed by atoms with Crippen molar-refractivity contribution in [3.8, 4) is 0 Å². The number of hydrogen-bond donors (Lipinski definition) is 1. The zero-order chi connectivity index (χ0) is 14.8. The van der Waals surface area contributed by atoms with Crippen molar-refractivity contribution in [1.82, 2.24) is 4.72 Å². The number of hydrogen-bond acceptors (Lipinski definition) is 2. The molecule has 3 nitrogen and oxygen atoms in total. The van der Waals surface area contributed by atoms with Crippen molar-refractivity contribution in [3.63, 3.8) is 0 Å². The highest BCUT2D eigenvalue weighted by Crippen LogP contribution is 2.48. The molecule has 11 heteroatoms. The second-order valence-corrected chi connectivity index (χ2v) is 4.78. The molecule has 0 aliphatic rings. The predicted molar refractivity (Wildman–Crippen MR) is 47.4 cm³/mol. The molecule has 1 N–H and O–H groups in total. The summed E-state index contributed by atoms with van der Waals surface area (Å²) in [6.07, 6.45) is -5.25. The van der Waals surface area contributed by atoms with Gasteiger partial charge in [0.05, 0.1) is 0 Å². The molecule has 0 radical (unpaired) electrons. The van der Waals surface area contributed by atoms with E-state index in [0.717, 1.165) is 10.8 Å². The first-order chi connectivity index (χ1) is 7.81. The van der Waals surface area contributed by atoms with Crippen molar-refractivity contribution >= 4 is 10.0 Å². The van der Waals surface area contributed by atoms with E-state index in [-0.39, 0.29) is 6.42 Å². The van der Waals surface area contributed by atoms with E-state index in [1.165, 1.54) is 6.92 Å². The predicted octanol–water partition coefficient (Wildman–Crippen LogP) is 2.62. The Morgan fingerprint density at radius 2 is 1.50 bits per heavy atom. The Hall–Kier alpha value is -1.00. The van der Waals surface area contributed by atoms with Crippen LogP contribution in [0.1, 0.15) is 13.3 Å². The van der Waals surface area contributed by atoms with Gasteiger partial charge < -0.3 is 0 Å². The lowest BCUT2D eigenvalue weighted by molar-refractivity contribution is -0.332. The van der Waals surface area contributed by atoms with Gasteiger partial charge in [-0.2, -0.15) is 39.2 Å². The highest BCUT2D eigenvalue weighted by atomic mass is 32.2. The molecule has 0 aromatic carbocycles. The third-order valence-corrected chi connectivity index (χ3v) is 3.01. The summed E-state index contributed by atoms with van der Waals surface area (Å²) in [5.41, 5.74) is 0. The van der Waals surface area contributed by atoms with Crippen LogP contribution >= 0.6 is 0 Å². The average molecular weight is 303 g/mol. The molecule has 0 atom stereocenters. The quantitative estimate of drug-likeness (QED) is 0.794. The molecular formula is C7H8F7NO2S. The molecular weight excluding hydrogens is 295 g/mol. The second kappa shape index (κ2) is 4.94. The summed E-state index contributed by atoms with van der Waals surface area (Å²) >= 11 is 0. The maximum Gasteiger partial charge on any atom is 0.461 e. The highest BCUT2D eigenvalue weighted by Gasteiger charge is 2.78. The summed E-state index contributed by atoms with van der Waals surface area (Å²) < 4.78 is 108. The number of alkyl halides is 7. The van der Waals surface area contributed by atoms with Gasteiger partial charge >= 0.3 is 27.4 Å². The fourth-order valence-electron chi connectivity index (χ4n) is 0.663. The normalized spacial score (nSPS) is 15.1. The lowest BCUT2D eigenvalue weighted by Gasteiger charge is -2.27. The summed E-state index contributed by atoms with van der Waals surface area (Å²) in [6, 6.07) is 0. The molecule has 0 amide bonds. The van der Waals surface area contributed by atoms with Crippen molar-refractivity contribution in [2.24, 2.45) is 0 Å². The van der Waals surface area contributed by atoms with E-state index in [1.54, 1.807) is 0 Å². The van der Waals surface area contributed by atoms with E-state index in [9.17, 15) is 39.2 Å². The summed E-state index contributed by atoms with van der Waals surface area (Å²) in [4.78, 5) is 0. The Kier molecular flexibility index (Phi) is 4.66. The molecule has 0 aliphatic carbocycles. The number of sulfonamides is 1. The Labute approximate surface area is 97.7 Å². The van der Waals surface area contributed by atoms with Gasteiger partial charge in [-0.05, 0) is 6.42 Å². The Balaban J connectivity index is 5.45. The largest absolute Gasteiger partial charge is 0.461 e. The zero-order valence-corrected chi connectivity index (χ0v) is 9.55. The van der Waals surface area contributed by atoms with E-state index in [4.69, 9.17) is 0 Å². The maximum atomic E-state index is 12.7. The van der Waals surface area contributed by atoms with Gasteiger partial charge in [0.1, 0.15) is 0 Å². The van der Waals surface area contributed by atoms with Crippen molar-refractivity contribution in [3.05, 3.63) is 12.3 Å². The van der Waals surface area contributed by atoms with Gasteiger partial charge in [-0.25, -0.2) is 0 Å². The molecule has 0 fully saturated rings. The SMILES string of the molecule is CC/C=C\NS(=O)(=O)C(F)(F)C(F)(F)C(F)(F)F. The minimum Gasteiger partial charge on any atom is -0.285 e. The van der Waals surface area contributed by atoms with Gasteiger partial charge in [0.2, 0.25) is 0 Å². The Morgan fingerprint density at radius 3 is 1.83 bits per heavy atom. The third kappa shape index (κ3) is 2.87. The molecule has 0 spiro atoms. The van der Waals surface area contributed by atoms with Gasteiger partial charge in [-0.15, -0.1) is 0 Å². The molecule has 0 aromatic rings. The van der Waals surface area contributed by atoms with Crippen molar-refractivity contribution in [1.29, 1.82) is 0 Å². The molecule has 0 aliphatic heterocycles.